The van der Waals surface area contributed by atoms with Crippen LogP contribution < -0.4 is 0 Å². The Kier molecular flexibility index (Phi) is 2.75. The highest BCUT2D eigenvalue weighted by Crippen LogP contribution is 2.39. The second-order valence-corrected chi connectivity index (χ2v) is 5.89. The van der Waals surface area contributed by atoms with Crippen LogP contribution in [0.15, 0.2) is 24.3 Å². The van der Waals surface area contributed by atoms with Crippen LogP contribution in [0.4, 0.5) is 0 Å². The van der Waals surface area contributed by atoms with Gasteiger partial charge in [0.05, 0.1) is 0 Å². The molecule has 0 saturated heterocycles. The molecular weight excluding hydrogens is 244 g/mol. The number of phenolic OH excluding ortho intramolecular Hbond substituents is 1. The Balaban J connectivity index is 2.69. The molecule has 0 radical (unpaired) electrons. The SMILES string of the molecule is Cc1ccc2c(C)c3c(C)c(O)cc(C)c3c(C)c2c1. The van der Waals surface area contributed by atoms with Gasteiger partial charge in [-0.05, 0) is 84.5 Å². The zero-order valence-electron chi connectivity index (χ0n) is 12.8. The van der Waals surface area contributed by atoms with Gasteiger partial charge >= 0.3 is 0 Å². The van der Waals surface area contributed by atoms with Crippen LogP contribution in [0.3, 0.4) is 0 Å². The molecule has 0 aliphatic heterocycles. The van der Waals surface area contributed by atoms with Gasteiger partial charge in [0.15, 0.2) is 0 Å². The van der Waals surface area contributed by atoms with Crippen molar-refractivity contribution in [3.05, 3.63) is 52.1 Å². The van der Waals surface area contributed by atoms with Gasteiger partial charge in [-0.3, -0.25) is 0 Å². The average Bonchev–Trinajstić information content (AvgIpc) is 2.40. The van der Waals surface area contributed by atoms with E-state index in [9.17, 15) is 5.11 Å². The summed E-state index contributed by atoms with van der Waals surface area (Å²) in [6.45, 7) is 10.6. The predicted molar refractivity (Wildman–Crippen MR) is 86.8 cm³/mol. The minimum absolute atomic E-state index is 0.393. The monoisotopic (exact) mass is 264 g/mol. The summed E-state index contributed by atoms with van der Waals surface area (Å²) in [7, 11) is 0. The Hall–Kier alpha value is -2.02. The molecule has 20 heavy (non-hydrogen) atoms. The molecule has 1 N–H and O–H groups in total. The van der Waals surface area contributed by atoms with Crippen molar-refractivity contribution in [2.24, 2.45) is 0 Å². The third-order valence-electron chi connectivity index (χ3n) is 4.49. The van der Waals surface area contributed by atoms with Crippen molar-refractivity contribution in [1.82, 2.24) is 0 Å². The number of fused-ring (bicyclic) bond motifs is 2. The molecule has 0 aliphatic carbocycles. The highest BCUT2D eigenvalue weighted by atomic mass is 16.3. The minimum atomic E-state index is 0.393. The second-order valence-electron chi connectivity index (χ2n) is 5.89. The van der Waals surface area contributed by atoms with Crippen LogP contribution in [0, 0.1) is 34.6 Å². The fraction of sp³-hybridized carbons (Fsp3) is 0.263. The standard InChI is InChI=1S/C19H20O/c1-10-6-7-15-12(3)19-14(5)17(20)9-11(2)18(19)13(4)16(15)8-10/h6-9,20H,1-5H3. The number of rotatable bonds is 0. The highest BCUT2D eigenvalue weighted by molar-refractivity contribution is 6.08. The lowest BCUT2D eigenvalue weighted by molar-refractivity contribution is 0.472. The van der Waals surface area contributed by atoms with Crippen LogP contribution in [-0.4, -0.2) is 5.11 Å². The van der Waals surface area contributed by atoms with Crippen LogP contribution in [0.5, 0.6) is 5.75 Å². The van der Waals surface area contributed by atoms with Gasteiger partial charge in [0.25, 0.3) is 0 Å². The van der Waals surface area contributed by atoms with Crippen LogP contribution in [0.25, 0.3) is 21.5 Å². The van der Waals surface area contributed by atoms with Crippen molar-refractivity contribution in [3.8, 4) is 5.75 Å². The summed E-state index contributed by atoms with van der Waals surface area (Å²) in [5, 5.41) is 15.2. The molecule has 102 valence electrons. The fourth-order valence-corrected chi connectivity index (χ4v) is 3.41. The molecular formula is C19H20O. The summed E-state index contributed by atoms with van der Waals surface area (Å²) < 4.78 is 0. The first-order valence-electron chi connectivity index (χ1n) is 7.04. The smallest absolute Gasteiger partial charge is 0.119 e. The molecule has 0 spiro atoms. The van der Waals surface area contributed by atoms with E-state index in [1.54, 1.807) is 0 Å². The summed E-state index contributed by atoms with van der Waals surface area (Å²) in [5.41, 5.74) is 5.98. The highest BCUT2D eigenvalue weighted by Gasteiger charge is 2.14. The van der Waals surface area contributed by atoms with Crippen LogP contribution in [-0.2, 0) is 0 Å². The van der Waals surface area contributed by atoms with E-state index in [0.29, 0.717) is 5.75 Å². The zero-order valence-corrected chi connectivity index (χ0v) is 12.8. The Morgan fingerprint density at radius 1 is 0.700 bits per heavy atom. The molecule has 3 aromatic rings. The summed E-state index contributed by atoms with van der Waals surface area (Å²) >= 11 is 0. The Bertz CT molecular complexity index is 857. The van der Waals surface area contributed by atoms with E-state index in [4.69, 9.17) is 0 Å². The van der Waals surface area contributed by atoms with Gasteiger partial charge in [0.1, 0.15) is 5.75 Å². The van der Waals surface area contributed by atoms with E-state index in [1.807, 2.05) is 13.0 Å². The van der Waals surface area contributed by atoms with Crippen molar-refractivity contribution in [2.45, 2.75) is 34.6 Å². The number of benzene rings is 3. The minimum Gasteiger partial charge on any atom is -0.508 e. The lowest BCUT2D eigenvalue weighted by atomic mass is 9.88. The van der Waals surface area contributed by atoms with Crippen LogP contribution in [0.2, 0.25) is 0 Å². The van der Waals surface area contributed by atoms with E-state index in [1.165, 1.54) is 38.2 Å². The van der Waals surface area contributed by atoms with E-state index in [0.717, 1.165) is 11.1 Å². The van der Waals surface area contributed by atoms with Crippen molar-refractivity contribution in [3.63, 3.8) is 0 Å². The second kappa shape index (κ2) is 4.24. The van der Waals surface area contributed by atoms with E-state index in [-0.39, 0.29) is 0 Å². The third kappa shape index (κ3) is 1.62. The average molecular weight is 264 g/mol. The van der Waals surface area contributed by atoms with Crippen molar-refractivity contribution in [2.75, 3.05) is 0 Å². The number of phenols is 1. The first kappa shape index (κ1) is 13.0. The zero-order chi connectivity index (χ0) is 14.6. The van der Waals surface area contributed by atoms with Crippen LogP contribution >= 0.6 is 0 Å². The van der Waals surface area contributed by atoms with Gasteiger partial charge in [-0.25, -0.2) is 0 Å². The Labute approximate surface area is 119 Å². The molecule has 1 nitrogen and oxygen atoms in total. The van der Waals surface area contributed by atoms with Gasteiger partial charge in [-0.2, -0.15) is 0 Å². The van der Waals surface area contributed by atoms with Gasteiger partial charge in [-0.15, -0.1) is 0 Å². The molecule has 1 heteroatoms. The molecule has 0 fully saturated rings. The summed E-state index contributed by atoms with van der Waals surface area (Å²) in [6.07, 6.45) is 0. The largest absolute Gasteiger partial charge is 0.508 e. The predicted octanol–water partition coefficient (Wildman–Crippen LogP) is 5.24. The molecule has 3 rings (SSSR count). The number of hydrogen-bond acceptors (Lipinski definition) is 1. The van der Waals surface area contributed by atoms with Crippen LogP contribution in [0.1, 0.15) is 27.8 Å². The maximum atomic E-state index is 10.1. The molecule has 0 atom stereocenters. The number of aromatic hydroxyl groups is 1. The number of hydrogen-bond donors (Lipinski definition) is 1. The molecule has 0 unspecified atom stereocenters. The van der Waals surface area contributed by atoms with Gasteiger partial charge in [0.2, 0.25) is 0 Å². The molecule has 0 bridgehead atoms. The van der Waals surface area contributed by atoms with Crippen molar-refractivity contribution < 1.29 is 5.11 Å². The van der Waals surface area contributed by atoms with E-state index in [2.05, 4.69) is 45.9 Å². The fourth-order valence-electron chi connectivity index (χ4n) is 3.41. The summed E-state index contributed by atoms with van der Waals surface area (Å²) in [5.74, 6) is 0.393. The molecule has 3 aromatic carbocycles. The maximum absolute atomic E-state index is 10.1. The number of aryl methyl sites for hydroxylation is 5. The Morgan fingerprint density at radius 3 is 2.05 bits per heavy atom. The first-order valence-corrected chi connectivity index (χ1v) is 7.04. The van der Waals surface area contributed by atoms with E-state index < -0.39 is 0 Å². The lowest BCUT2D eigenvalue weighted by Crippen LogP contribution is -1.94. The first-order chi connectivity index (χ1) is 9.41. The van der Waals surface area contributed by atoms with Crippen molar-refractivity contribution >= 4 is 21.5 Å². The summed E-state index contributed by atoms with van der Waals surface area (Å²) in [6, 6.07) is 8.50. The molecule has 0 saturated carbocycles. The van der Waals surface area contributed by atoms with Gasteiger partial charge in [-0.1, -0.05) is 23.8 Å². The molecule has 0 amide bonds. The maximum Gasteiger partial charge on any atom is 0.119 e. The lowest BCUT2D eigenvalue weighted by Gasteiger charge is -2.17. The van der Waals surface area contributed by atoms with E-state index >= 15 is 0 Å². The summed E-state index contributed by atoms with van der Waals surface area (Å²) in [4.78, 5) is 0. The van der Waals surface area contributed by atoms with Gasteiger partial charge < -0.3 is 5.11 Å². The topological polar surface area (TPSA) is 20.2 Å². The van der Waals surface area contributed by atoms with Gasteiger partial charge in [0, 0.05) is 0 Å². The third-order valence-corrected chi connectivity index (χ3v) is 4.49. The quantitative estimate of drug-likeness (QED) is 0.550. The Morgan fingerprint density at radius 2 is 1.35 bits per heavy atom. The normalized spacial score (nSPS) is 11.4. The van der Waals surface area contributed by atoms with Crippen molar-refractivity contribution in [1.29, 1.82) is 0 Å². The molecule has 0 aromatic heterocycles. The molecule has 0 heterocycles. The molecule has 0 aliphatic rings.